The Kier molecular flexibility index (Phi) is 4.44. The van der Waals surface area contributed by atoms with Crippen LogP contribution >= 0.6 is 11.3 Å². The Hall–Kier alpha value is -1.62. The highest BCUT2D eigenvalue weighted by Crippen LogP contribution is 2.32. The van der Waals surface area contributed by atoms with Crippen molar-refractivity contribution in [2.45, 2.75) is 45.6 Å². The van der Waals surface area contributed by atoms with Gasteiger partial charge in [0.05, 0.1) is 17.8 Å². The second-order valence-corrected chi connectivity index (χ2v) is 7.93. The zero-order valence-electron chi connectivity index (χ0n) is 14.3. The monoisotopic (exact) mass is 343 g/mol. The summed E-state index contributed by atoms with van der Waals surface area (Å²) in [5.74, 6) is 2.35. The lowest BCUT2D eigenvalue weighted by Gasteiger charge is -2.30. The number of aryl methyl sites for hydroxylation is 1. The summed E-state index contributed by atoms with van der Waals surface area (Å²) in [6.45, 7) is 4.82. The summed E-state index contributed by atoms with van der Waals surface area (Å²) in [6, 6.07) is 2.14. The first-order valence-corrected chi connectivity index (χ1v) is 10.1. The van der Waals surface area contributed by atoms with Crippen LogP contribution in [0.3, 0.4) is 0 Å². The van der Waals surface area contributed by atoms with Crippen LogP contribution in [-0.2, 0) is 17.8 Å². The molecule has 24 heavy (non-hydrogen) atoms. The molecule has 4 nitrogen and oxygen atoms in total. The van der Waals surface area contributed by atoms with Crippen molar-refractivity contribution in [3.05, 3.63) is 28.8 Å². The van der Waals surface area contributed by atoms with E-state index in [1.165, 1.54) is 18.4 Å². The minimum atomic E-state index is 0.106. The zero-order valence-corrected chi connectivity index (χ0v) is 15.1. The van der Waals surface area contributed by atoms with Crippen molar-refractivity contribution in [3.63, 3.8) is 0 Å². The quantitative estimate of drug-likeness (QED) is 0.800. The molecule has 4 rings (SSSR count). The van der Waals surface area contributed by atoms with E-state index in [1.54, 1.807) is 11.3 Å². The highest BCUT2D eigenvalue weighted by molar-refractivity contribution is 7.08. The van der Waals surface area contributed by atoms with Gasteiger partial charge in [0.25, 0.3) is 0 Å². The predicted octanol–water partition coefficient (Wildman–Crippen LogP) is 3.82. The van der Waals surface area contributed by atoms with E-state index in [0.29, 0.717) is 5.91 Å². The van der Waals surface area contributed by atoms with Gasteiger partial charge in [-0.05, 0) is 43.0 Å². The topological polar surface area (TPSA) is 38.1 Å². The Morgan fingerprint density at radius 1 is 1.42 bits per heavy atom. The molecule has 0 aromatic carbocycles. The van der Waals surface area contributed by atoms with Crippen molar-refractivity contribution < 1.29 is 4.79 Å². The van der Waals surface area contributed by atoms with Gasteiger partial charge in [-0.1, -0.05) is 6.92 Å². The number of hydrogen-bond donors (Lipinski definition) is 0. The smallest absolute Gasteiger partial charge is 0.227 e. The molecule has 1 saturated carbocycles. The van der Waals surface area contributed by atoms with Gasteiger partial charge in [-0.25, -0.2) is 4.98 Å². The lowest BCUT2D eigenvalue weighted by molar-refractivity contribution is -0.136. The molecule has 1 unspecified atom stereocenters. The summed E-state index contributed by atoms with van der Waals surface area (Å²) in [6.07, 6.45) is 7.45. The van der Waals surface area contributed by atoms with Gasteiger partial charge in [-0.3, -0.25) is 4.79 Å². The lowest BCUT2D eigenvalue weighted by Crippen LogP contribution is -2.41. The number of rotatable bonds is 6. The number of hydrogen-bond acceptors (Lipinski definition) is 3. The average molecular weight is 343 g/mol. The van der Waals surface area contributed by atoms with Gasteiger partial charge in [0.15, 0.2) is 0 Å². The predicted molar refractivity (Wildman–Crippen MR) is 96.9 cm³/mol. The molecule has 128 valence electrons. The van der Waals surface area contributed by atoms with Crippen molar-refractivity contribution in [1.29, 1.82) is 0 Å². The van der Waals surface area contributed by atoms with Gasteiger partial charge >= 0.3 is 0 Å². The second-order valence-electron chi connectivity index (χ2n) is 7.15. The molecule has 0 spiro atoms. The minimum Gasteiger partial charge on any atom is -0.342 e. The summed E-state index contributed by atoms with van der Waals surface area (Å²) >= 11 is 1.70. The minimum absolute atomic E-state index is 0.106. The third-order valence-corrected chi connectivity index (χ3v) is 5.89. The van der Waals surface area contributed by atoms with Crippen LogP contribution < -0.4 is 0 Å². The van der Waals surface area contributed by atoms with E-state index in [4.69, 9.17) is 0 Å². The molecule has 2 aliphatic rings. The molecular weight excluding hydrogens is 318 g/mol. The normalized spacial score (nSPS) is 20.0. The van der Waals surface area contributed by atoms with E-state index in [1.807, 2.05) is 6.20 Å². The van der Waals surface area contributed by atoms with Crippen LogP contribution in [0.5, 0.6) is 0 Å². The molecule has 0 radical (unpaired) electrons. The maximum absolute atomic E-state index is 13.1. The molecule has 0 saturated heterocycles. The zero-order chi connectivity index (χ0) is 16.5. The van der Waals surface area contributed by atoms with Crippen LogP contribution in [0, 0.1) is 11.8 Å². The van der Waals surface area contributed by atoms with Crippen molar-refractivity contribution in [2.75, 3.05) is 13.1 Å². The summed E-state index contributed by atoms with van der Waals surface area (Å²) in [7, 11) is 0. The van der Waals surface area contributed by atoms with Crippen LogP contribution in [-0.4, -0.2) is 33.4 Å². The first kappa shape index (κ1) is 15.9. The van der Waals surface area contributed by atoms with E-state index in [9.17, 15) is 4.79 Å². The van der Waals surface area contributed by atoms with Gasteiger partial charge in [0, 0.05) is 37.0 Å². The molecule has 0 N–H and O–H groups in total. The summed E-state index contributed by atoms with van der Waals surface area (Å²) < 4.78 is 2.27. The van der Waals surface area contributed by atoms with E-state index in [0.717, 1.165) is 56.3 Å². The summed E-state index contributed by atoms with van der Waals surface area (Å²) in [4.78, 5) is 19.8. The Balaban J connectivity index is 1.52. The number of aromatic nitrogens is 2. The Morgan fingerprint density at radius 2 is 2.29 bits per heavy atom. The maximum atomic E-state index is 13.1. The maximum Gasteiger partial charge on any atom is 0.227 e. The highest BCUT2D eigenvalue weighted by Gasteiger charge is 2.33. The van der Waals surface area contributed by atoms with Gasteiger partial charge in [-0.15, -0.1) is 0 Å². The largest absolute Gasteiger partial charge is 0.342 e. The first-order chi connectivity index (χ1) is 11.8. The fourth-order valence-corrected chi connectivity index (χ4v) is 4.36. The Morgan fingerprint density at radius 3 is 3.00 bits per heavy atom. The lowest BCUT2D eigenvalue weighted by atomic mass is 9.97. The standard InChI is InChI=1S/C19H25N3OS/c1-2-8-21(11-14-3-4-14)19(23)15-5-6-18-20-10-17(22(18)12-15)16-7-9-24-13-16/h7,9-10,13-15H,2-6,8,11-12H2,1H3. The third-order valence-electron chi connectivity index (χ3n) is 5.20. The van der Waals surface area contributed by atoms with Crippen molar-refractivity contribution in [2.24, 2.45) is 11.8 Å². The molecule has 1 aliphatic carbocycles. The van der Waals surface area contributed by atoms with E-state index < -0.39 is 0 Å². The molecule has 3 heterocycles. The number of carbonyl (C=O) groups is 1. The second kappa shape index (κ2) is 6.71. The fraction of sp³-hybridized carbons (Fsp3) is 0.579. The molecule has 2 aromatic heterocycles. The fourth-order valence-electron chi connectivity index (χ4n) is 3.71. The molecule has 1 aliphatic heterocycles. The molecular formula is C19H25N3OS. The van der Waals surface area contributed by atoms with Crippen LogP contribution in [0.15, 0.2) is 23.0 Å². The average Bonchev–Trinajstić information content (AvgIpc) is 3.10. The molecule has 1 amide bonds. The van der Waals surface area contributed by atoms with Gasteiger partial charge in [-0.2, -0.15) is 11.3 Å². The van der Waals surface area contributed by atoms with Crippen molar-refractivity contribution in [1.82, 2.24) is 14.5 Å². The van der Waals surface area contributed by atoms with Gasteiger partial charge < -0.3 is 9.47 Å². The van der Waals surface area contributed by atoms with Gasteiger partial charge in [0.2, 0.25) is 5.91 Å². The first-order valence-electron chi connectivity index (χ1n) is 9.12. The molecule has 1 fully saturated rings. The number of nitrogens with zero attached hydrogens (tertiary/aromatic N) is 3. The van der Waals surface area contributed by atoms with Crippen molar-refractivity contribution in [3.8, 4) is 11.3 Å². The molecule has 5 heteroatoms. The van der Waals surface area contributed by atoms with Crippen molar-refractivity contribution >= 4 is 17.2 Å². The van der Waals surface area contributed by atoms with E-state index in [-0.39, 0.29) is 5.92 Å². The van der Waals surface area contributed by atoms with Crippen LogP contribution in [0.1, 0.15) is 38.4 Å². The summed E-state index contributed by atoms with van der Waals surface area (Å²) in [5, 5.41) is 4.26. The van der Waals surface area contributed by atoms with E-state index >= 15 is 0 Å². The summed E-state index contributed by atoms with van der Waals surface area (Å²) in [5.41, 5.74) is 2.38. The van der Waals surface area contributed by atoms with E-state index in [2.05, 4.69) is 38.2 Å². The Bertz CT molecular complexity index is 702. The highest BCUT2D eigenvalue weighted by atomic mass is 32.1. The number of carbonyl (C=O) groups excluding carboxylic acids is 1. The molecule has 1 atom stereocenters. The number of imidazole rings is 1. The van der Waals surface area contributed by atoms with Gasteiger partial charge in [0.1, 0.15) is 5.82 Å². The van der Waals surface area contributed by atoms with Crippen LogP contribution in [0.2, 0.25) is 0 Å². The Labute approximate surface area is 147 Å². The van der Waals surface area contributed by atoms with Crippen LogP contribution in [0.4, 0.5) is 0 Å². The number of amides is 1. The number of thiophene rings is 1. The SMILES string of the molecule is CCCN(CC1CC1)C(=O)C1CCc2ncc(-c3ccsc3)n2C1. The molecule has 0 bridgehead atoms. The molecule has 2 aromatic rings. The van der Waals surface area contributed by atoms with Crippen LogP contribution in [0.25, 0.3) is 11.3 Å². The third kappa shape index (κ3) is 3.14. The number of fused-ring (bicyclic) bond motifs is 1.